The zero-order valence-electron chi connectivity index (χ0n) is 14.7. The number of aryl methyl sites for hydroxylation is 1. The fourth-order valence-corrected chi connectivity index (χ4v) is 2.94. The van der Waals surface area contributed by atoms with E-state index < -0.39 is 11.7 Å². The van der Waals surface area contributed by atoms with E-state index in [9.17, 15) is 13.2 Å². The van der Waals surface area contributed by atoms with Crippen LogP contribution in [0.3, 0.4) is 0 Å². The highest BCUT2D eigenvalue weighted by atomic mass is 19.4. The van der Waals surface area contributed by atoms with Crippen molar-refractivity contribution < 1.29 is 22.0 Å². The highest BCUT2D eigenvalue weighted by Crippen LogP contribution is 2.31. The summed E-state index contributed by atoms with van der Waals surface area (Å²) >= 11 is 0. The van der Waals surface area contributed by atoms with E-state index in [1.54, 1.807) is 25.1 Å². The van der Waals surface area contributed by atoms with Crippen LogP contribution in [0.2, 0.25) is 0 Å². The number of halogens is 3. The topological polar surface area (TPSA) is 63.0 Å². The Morgan fingerprint density at radius 3 is 2.46 bits per heavy atom. The Balaban J connectivity index is 1.60. The van der Waals surface area contributed by atoms with Gasteiger partial charge in [0, 0.05) is 10.9 Å². The molecule has 0 bridgehead atoms. The molecule has 0 aliphatic heterocycles. The van der Waals surface area contributed by atoms with Crippen molar-refractivity contribution in [1.82, 2.24) is 4.98 Å². The third-order valence-corrected chi connectivity index (χ3v) is 4.39. The SMILES string of the molecule is Cc1oc(-c2ccc(C(F)(F)F)cc2)nc1Cc1cc2cc(C#N)ccc2o1. The summed E-state index contributed by atoms with van der Waals surface area (Å²) in [7, 11) is 0. The summed E-state index contributed by atoms with van der Waals surface area (Å²) in [5.41, 5.74) is 1.58. The fourth-order valence-electron chi connectivity index (χ4n) is 2.94. The highest BCUT2D eigenvalue weighted by molar-refractivity contribution is 5.79. The number of nitrogens with zero attached hydrogens (tertiary/aromatic N) is 2. The molecule has 2 aromatic carbocycles. The maximum Gasteiger partial charge on any atom is 0.416 e. The van der Waals surface area contributed by atoms with Gasteiger partial charge in [-0.1, -0.05) is 0 Å². The van der Waals surface area contributed by atoms with Crippen LogP contribution in [-0.2, 0) is 12.6 Å². The maximum atomic E-state index is 12.7. The van der Waals surface area contributed by atoms with E-state index in [4.69, 9.17) is 14.1 Å². The first-order valence-electron chi connectivity index (χ1n) is 8.40. The molecule has 7 heteroatoms. The van der Waals surface area contributed by atoms with Crippen LogP contribution in [0.1, 0.15) is 28.3 Å². The minimum Gasteiger partial charge on any atom is -0.461 e. The number of oxazole rings is 1. The Hall–Kier alpha value is -3.53. The number of rotatable bonds is 3. The third-order valence-electron chi connectivity index (χ3n) is 4.39. The second-order valence-corrected chi connectivity index (χ2v) is 6.35. The third kappa shape index (κ3) is 3.37. The second-order valence-electron chi connectivity index (χ2n) is 6.35. The van der Waals surface area contributed by atoms with E-state index in [1.165, 1.54) is 12.1 Å². The number of alkyl halides is 3. The largest absolute Gasteiger partial charge is 0.461 e. The zero-order chi connectivity index (χ0) is 19.9. The van der Waals surface area contributed by atoms with Gasteiger partial charge in [-0.25, -0.2) is 4.98 Å². The molecule has 0 atom stereocenters. The first-order chi connectivity index (χ1) is 13.3. The quantitative estimate of drug-likeness (QED) is 0.444. The molecule has 0 amide bonds. The molecule has 0 unspecified atom stereocenters. The fraction of sp³-hybridized carbons (Fsp3) is 0.143. The molecule has 0 saturated carbocycles. The highest BCUT2D eigenvalue weighted by Gasteiger charge is 2.30. The second kappa shape index (κ2) is 6.57. The summed E-state index contributed by atoms with van der Waals surface area (Å²) in [6.07, 6.45) is -4.02. The summed E-state index contributed by atoms with van der Waals surface area (Å²) in [6.45, 7) is 1.74. The van der Waals surface area contributed by atoms with Crippen molar-refractivity contribution >= 4 is 11.0 Å². The van der Waals surface area contributed by atoms with Gasteiger partial charge in [0.25, 0.3) is 0 Å². The first kappa shape index (κ1) is 17.9. The van der Waals surface area contributed by atoms with Crippen LogP contribution < -0.4 is 0 Å². The Morgan fingerprint density at radius 2 is 1.79 bits per heavy atom. The molecular weight excluding hydrogens is 369 g/mol. The minimum atomic E-state index is -4.39. The van der Waals surface area contributed by atoms with E-state index in [-0.39, 0.29) is 5.89 Å². The van der Waals surface area contributed by atoms with Gasteiger partial charge in [0.2, 0.25) is 5.89 Å². The number of furan rings is 1. The summed E-state index contributed by atoms with van der Waals surface area (Å²) in [4.78, 5) is 4.41. The van der Waals surface area contributed by atoms with Crippen LogP contribution in [0.25, 0.3) is 22.4 Å². The van der Waals surface area contributed by atoms with Gasteiger partial charge in [-0.15, -0.1) is 0 Å². The van der Waals surface area contributed by atoms with Crippen LogP contribution in [0.5, 0.6) is 0 Å². The van der Waals surface area contributed by atoms with Crippen LogP contribution >= 0.6 is 0 Å². The molecule has 4 rings (SSSR count). The van der Waals surface area contributed by atoms with Crippen LogP contribution in [0, 0.1) is 18.3 Å². The summed E-state index contributed by atoms with van der Waals surface area (Å²) < 4.78 is 49.5. The summed E-state index contributed by atoms with van der Waals surface area (Å²) in [6, 6.07) is 13.7. The van der Waals surface area contributed by atoms with E-state index in [2.05, 4.69) is 11.1 Å². The van der Waals surface area contributed by atoms with Crippen molar-refractivity contribution in [3.63, 3.8) is 0 Å². The zero-order valence-corrected chi connectivity index (χ0v) is 14.7. The number of hydrogen-bond acceptors (Lipinski definition) is 4. The Kier molecular flexibility index (Phi) is 4.19. The smallest absolute Gasteiger partial charge is 0.416 e. The molecule has 2 aromatic heterocycles. The summed E-state index contributed by atoms with van der Waals surface area (Å²) in [5, 5.41) is 9.80. The maximum absolute atomic E-state index is 12.7. The predicted octanol–water partition coefficient (Wildman–Crippen LogP) is 5.88. The van der Waals surface area contributed by atoms with Crippen molar-refractivity contribution in [3.05, 3.63) is 76.9 Å². The number of aromatic nitrogens is 1. The van der Waals surface area contributed by atoms with Crippen molar-refractivity contribution in [3.8, 4) is 17.5 Å². The number of hydrogen-bond donors (Lipinski definition) is 0. The van der Waals surface area contributed by atoms with Gasteiger partial charge in [0.05, 0.1) is 29.3 Å². The Labute approximate surface area is 157 Å². The lowest BCUT2D eigenvalue weighted by Crippen LogP contribution is -2.03. The van der Waals surface area contributed by atoms with Crippen molar-refractivity contribution in [2.45, 2.75) is 19.5 Å². The van der Waals surface area contributed by atoms with Gasteiger partial charge < -0.3 is 8.83 Å². The Morgan fingerprint density at radius 1 is 1.04 bits per heavy atom. The molecule has 0 aliphatic carbocycles. The lowest BCUT2D eigenvalue weighted by atomic mass is 10.1. The molecule has 0 fully saturated rings. The molecular formula is C21H13F3N2O2. The standard InChI is InChI=1S/C21H13F3N2O2/c1-12-18(10-17-9-15-8-13(11-25)2-7-19(15)28-17)26-20(27-12)14-3-5-16(6-4-14)21(22,23)24/h2-9H,10H2,1H3. The molecule has 4 aromatic rings. The molecule has 0 saturated heterocycles. The number of fused-ring (bicyclic) bond motifs is 1. The Bertz CT molecular complexity index is 1200. The average Bonchev–Trinajstić information content (AvgIpc) is 3.23. The van der Waals surface area contributed by atoms with Crippen LogP contribution in [-0.4, -0.2) is 4.98 Å². The average molecular weight is 382 g/mol. The van der Waals surface area contributed by atoms with E-state index in [1.807, 2.05) is 6.07 Å². The van der Waals surface area contributed by atoms with E-state index in [0.29, 0.717) is 40.3 Å². The van der Waals surface area contributed by atoms with Crippen LogP contribution in [0.4, 0.5) is 13.2 Å². The van der Waals surface area contributed by atoms with Gasteiger partial charge in [-0.2, -0.15) is 18.4 Å². The molecule has 2 heterocycles. The normalized spacial score (nSPS) is 11.7. The molecule has 140 valence electrons. The molecule has 4 nitrogen and oxygen atoms in total. The molecule has 0 aliphatic rings. The van der Waals surface area contributed by atoms with Gasteiger partial charge in [0.1, 0.15) is 17.1 Å². The lowest BCUT2D eigenvalue weighted by molar-refractivity contribution is -0.137. The predicted molar refractivity (Wildman–Crippen MR) is 95.4 cm³/mol. The van der Waals surface area contributed by atoms with E-state index in [0.717, 1.165) is 17.5 Å². The summed E-state index contributed by atoms with van der Waals surface area (Å²) in [5.74, 6) is 1.47. The minimum absolute atomic E-state index is 0.254. The van der Waals surface area contributed by atoms with E-state index >= 15 is 0 Å². The van der Waals surface area contributed by atoms with Gasteiger partial charge in [-0.05, 0) is 55.5 Å². The molecule has 28 heavy (non-hydrogen) atoms. The van der Waals surface area contributed by atoms with Gasteiger partial charge in [0.15, 0.2) is 0 Å². The number of benzene rings is 2. The molecule has 0 spiro atoms. The first-order valence-corrected chi connectivity index (χ1v) is 8.40. The van der Waals surface area contributed by atoms with Crippen molar-refractivity contribution in [2.75, 3.05) is 0 Å². The molecule has 0 radical (unpaired) electrons. The lowest BCUT2D eigenvalue weighted by Gasteiger charge is -2.06. The monoisotopic (exact) mass is 382 g/mol. The van der Waals surface area contributed by atoms with Gasteiger partial charge in [-0.3, -0.25) is 0 Å². The molecule has 0 N–H and O–H groups in total. The van der Waals surface area contributed by atoms with Crippen LogP contribution in [0.15, 0.2) is 57.4 Å². The van der Waals surface area contributed by atoms with Crippen molar-refractivity contribution in [2.24, 2.45) is 0 Å². The number of nitriles is 1. The van der Waals surface area contributed by atoms with Crippen molar-refractivity contribution in [1.29, 1.82) is 5.26 Å². The van der Waals surface area contributed by atoms with Gasteiger partial charge >= 0.3 is 6.18 Å².